The Morgan fingerprint density at radius 2 is 1.40 bits per heavy atom. The van der Waals surface area contributed by atoms with Gasteiger partial charge in [-0.25, -0.2) is 0 Å². The van der Waals surface area contributed by atoms with Crippen molar-refractivity contribution in [2.24, 2.45) is 23.2 Å². The Bertz CT molecular complexity index is 687. The van der Waals surface area contributed by atoms with Crippen molar-refractivity contribution in [3.63, 3.8) is 0 Å². The fourth-order valence-corrected chi connectivity index (χ4v) is 3.83. The number of rotatable bonds is 7. The van der Waals surface area contributed by atoms with Crippen molar-refractivity contribution >= 4 is 12.2 Å². The van der Waals surface area contributed by atoms with Crippen molar-refractivity contribution in [1.29, 1.82) is 0 Å². The highest BCUT2D eigenvalue weighted by Gasteiger charge is 2.57. The lowest BCUT2D eigenvalue weighted by Gasteiger charge is -2.10. The summed E-state index contributed by atoms with van der Waals surface area (Å²) in [6, 6.07) is 21.2. The van der Waals surface area contributed by atoms with Crippen LogP contribution in [0.2, 0.25) is 0 Å². The summed E-state index contributed by atoms with van der Waals surface area (Å²) in [6.07, 6.45) is 12.7. The first-order valence-electron chi connectivity index (χ1n) is 9.27. The van der Waals surface area contributed by atoms with Crippen LogP contribution >= 0.6 is 0 Å². The topological polar surface area (TPSA) is 0 Å². The highest BCUT2D eigenvalue weighted by Crippen LogP contribution is 2.63. The van der Waals surface area contributed by atoms with Gasteiger partial charge >= 0.3 is 0 Å². The maximum Gasteiger partial charge on any atom is 0.0128 e. The van der Waals surface area contributed by atoms with Gasteiger partial charge in [-0.3, -0.25) is 0 Å². The molecule has 0 spiro atoms. The average Bonchev–Trinajstić information content (AvgIpc) is 3.22. The minimum atomic E-state index is 0.156. The molecule has 0 aliphatic heterocycles. The molecular formula is C25H28. The van der Waals surface area contributed by atoms with E-state index in [9.17, 15) is 0 Å². The summed E-state index contributed by atoms with van der Waals surface area (Å²) in [6.45, 7) is 8.61. The number of hydrogen-bond acceptors (Lipinski definition) is 0. The Morgan fingerprint density at radius 1 is 0.920 bits per heavy atom. The van der Waals surface area contributed by atoms with E-state index in [4.69, 9.17) is 0 Å². The van der Waals surface area contributed by atoms with Gasteiger partial charge in [0.25, 0.3) is 0 Å². The minimum Gasteiger partial charge on any atom is -0.103 e. The molecule has 4 atom stereocenters. The Hall–Kier alpha value is -2.34. The molecule has 0 heteroatoms. The average molecular weight is 328 g/mol. The van der Waals surface area contributed by atoms with Crippen LogP contribution in [0.25, 0.3) is 12.2 Å². The Balaban J connectivity index is 1.85. The first-order valence-corrected chi connectivity index (χ1v) is 9.27. The number of benzene rings is 2. The summed E-state index contributed by atoms with van der Waals surface area (Å²) in [7, 11) is 0. The zero-order valence-corrected chi connectivity index (χ0v) is 15.3. The molecule has 2 aromatic carbocycles. The van der Waals surface area contributed by atoms with E-state index in [1.54, 1.807) is 0 Å². The van der Waals surface area contributed by atoms with Crippen LogP contribution in [-0.2, 0) is 0 Å². The molecule has 0 nitrogen and oxygen atoms in total. The SMILES string of the molecule is C=C[C@@H](C)C[C@@H]1[C@H](C)C1(/C=C\c1ccccc1)/C=C/c1ccccc1. The molecule has 3 rings (SSSR count). The third-order valence-electron chi connectivity index (χ3n) is 5.68. The van der Waals surface area contributed by atoms with Crippen LogP contribution in [0.4, 0.5) is 0 Å². The zero-order valence-electron chi connectivity index (χ0n) is 15.3. The molecule has 0 aromatic heterocycles. The molecule has 1 fully saturated rings. The van der Waals surface area contributed by atoms with E-state index in [1.165, 1.54) is 17.5 Å². The number of hydrogen-bond donors (Lipinski definition) is 0. The Labute approximate surface area is 152 Å². The molecule has 0 amide bonds. The van der Waals surface area contributed by atoms with Gasteiger partial charge in [-0.15, -0.1) is 6.58 Å². The third kappa shape index (κ3) is 4.02. The Morgan fingerprint density at radius 3 is 1.84 bits per heavy atom. The predicted molar refractivity (Wildman–Crippen MR) is 110 cm³/mol. The van der Waals surface area contributed by atoms with Crippen LogP contribution in [0, 0.1) is 23.2 Å². The second-order valence-electron chi connectivity index (χ2n) is 7.33. The second-order valence-corrected chi connectivity index (χ2v) is 7.33. The van der Waals surface area contributed by atoms with Crippen LogP contribution in [0.1, 0.15) is 31.4 Å². The molecule has 0 radical (unpaired) electrons. The van der Waals surface area contributed by atoms with Crippen molar-refractivity contribution < 1.29 is 0 Å². The lowest BCUT2D eigenvalue weighted by atomic mass is 9.94. The molecular weight excluding hydrogens is 300 g/mol. The second kappa shape index (κ2) is 7.70. The lowest BCUT2D eigenvalue weighted by Crippen LogP contribution is -2.00. The van der Waals surface area contributed by atoms with E-state index >= 15 is 0 Å². The van der Waals surface area contributed by atoms with Gasteiger partial charge in [-0.1, -0.05) is 105 Å². The van der Waals surface area contributed by atoms with Crippen molar-refractivity contribution in [2.45, 2.75) is 20.3 Å². The molecule has 0 bridgehead atoms. The fraction of sp³-hybridized carbons (Fsp3) is 0.280. The van der Waals surface area contributed by atoms with Crippen LogP contribution in [0.3, 0.4) is 0 Å². The van der Waals surface area contributed by atoms with E-state index in [-0.39, 0.29) is 5.41 Å². The quantitative estimate of drug-likeness (QED) is 0.486. The number of allylic oxidation sites excluding steroid dienone is 3. The predicted octanol–water partition coefficient (Wildman–Crippen LogP) is 6.88. The van der Waals surface area contributed by atoms with Crippen LogP contribution in [0.15, 0.2) is 85.5 Å². The summed E-state index contributed by atoms with van der Waals surface area (Å²) < 4.78 is 0. The maximum absolute atomic E-state index is 3.97. The van der Waals surface area contributed by atoms with Gasteiger partial charge < -0.3 is 0 Å². The smallest absolute Gasteiger partial charge is 0.0128 e. The highest BCUT2D eigenvalue weighted by molar-refractivity contribution is 5.57. The van der Waals surface area contributed by atoms with Crippen molar-refractivity contribution in [2.75, 3.05) is 0 Å². The zero-order chi connectivity index (χ0) is 17.7. The van der Waals surface area contributed by atoms with Crippen molar-refractivity contribution in [1.82, 2.24) is 0 Å². The molecule has 0 N–H and O–H groups in total. The van der Waals surface area contributed by atoms with Crippen molar-refractivity contribution in [3.05, 3.63) is 96.6 Å². The first kappa shape index (κ1) is 17.5. The lowest BCUT2D eigenvalue weighted by molar-refractivity contribution is 0.539. The van der Waals surface area contributed by atoms with Gasteiger partial charge in [0.1, 0.15) is 0 Å². The third-order valence-corrected chi connectivity index (χ3v) is 5.68. The largest absolute Gasteiger partial charge is 0.103 e. The summed E-state index contributed by atoms with van der Waals surface area (Å²) in [5.41, 5.74) is 2.69. The van der Waals surface area contributed by atoms with Gasteiger partial charge in [0, 0.05) is 5.41 Å². The van der Waals surface area contributed by atoms with Gasteiger partial charge in [-0.05, 0) is 35.3 Å². The molecule has 0 heterocycles. The van der Waals surface area contributed by atoms with Gasteiger partial charge in [0.15, 0.2) is 0 Å². The van der Waals surface area contributed by atoms with Gasteiger partial charge in [0.05, 0.1) is 0 Å². The molecule has 0 saturated heterocycles. The van der Waals surface area contributed by atoms with Crippen LogP contribution in [0.5, 0.6) is 0 Å². The molecule has 1 unspecified atom stereocenters. The van der Waals surface area contributed by atoms with Crippen LogP contribution < -0.4 is 0 Å². The summed E-state index contributed by atoms with van der Waals surface area (Å²) in [5.74, 6) is 1.90. The monoisotopic (exact) mass is 328 g/mol. The molecule has 25 heavy (non-hydrogen) atoms. The summed E-state index contributed by atoms with van der Waals surface area (Å²) in [5, 5.41) is 0. The molecule has 1 aliphatic rings. The van der Waals surface area contributed by atoms with E-state index in [1.807, 2.05) is 0 Å². The summed E-state index contributed by atoms with van der Waals surface area (Å²) >= 11 is 0. The van der Waals surface area contributed by atoms with E-state index in [2.05, 4.69) is 111 Å². The fourth-order valence-electron chi connectivity index (χ4n) is 3.83. The van der Waals surface area contributed by atoms with Crippen molar-refractivity contribution in [3.8, 4) is 0 Å². The maximum atomic E-state index is 3.97. The van der Waals surface area contributed by atoms with E-state index in [0.717, 1.165) is 0 Å². The minimum absolute atomic E-state index is 0.156. The standard InChI is InChI=1S/C25H28/c1-4-20(2)19-24-21(3)25(24,17-15-22-11-7-5-8-12-22)18-16-23-13-9-6-10-14-23/h4-18,20-21,24H,1,19H2,2-3H3/b17-15-,18-16+/t20-,21+,24-,25?/m1/s1. The van der Waals surface area contributed by atoms with E-state index < -0.39 is 0 Å². The molecule has 2 aromatic rings. The van der Waals surface area contributed by atoms with E-state index in [0.29, 0.717) is 17.8 Å². The molecule has 1 aliphatic carbocycles. The first-order chi connectivity index (χ1) is 12.2. The molecule has 1 saturated carbocycles. The molecule has 128 valence electrons. The normalized spacial score (nSPS) is 26.8. The highest BCUT2D eigenvalue weighted by atomic mass is 14.6. The van der Waals surface area contributed by atoms with Gasteiger partial charge in [-0.2, -0.15) is 0 Å². The Kier molecular flexibility index (Phi) is 5.38. The van der Waals surface area contributed by atoms with Crippen LogP contribution in [-0.4, -0.2) is 0 Å². The van der Waals surface area contributed by atoms with Gasteiger partial charge in [0.2, 0.25) is 0 Å². The summed E-state index contributed by atoms with van der Waals surface area (Å²) in [4.78, 5) is 0.